The van der Waals surface area contributed by atoms with Crippen LogP contribution >= 0.6 is 0 Å². The Balaban J connectivity index is 0.000000248. The van der Waals surface area contributed by atoms with Crippen LogP contribution in [0, 0.1) is 11.3 Å². The van der Waals surface area contributed by atoms with Crippen LogP contribution in [0.3, 0.4) is 0 Å². The number of aryl methyl sites for hydroxylation is 1. The first-order valence-corrected chi connectivity index (χ1v) is 20.9. The lowest BCUT2D eigenvalue weighted by atomic mass is 10.0. The third-order valence-electron chi connectivity index (χ3n) is 9.59. The average Bonchev–Trinajstić information content (AvgIpc) is 3.80. The van der Waals surface area contributed by atoms with Crippen LogP contribution in [-0.4, -0.2) is 9.13 Å². The molecule has 8 aromatic carbocycles. The molecule has 0 amide bonds. The number of hydrogen-bond donors (Lipinski definition) is 0. The summed E-state index contributed by atoms with van der Waals surface area (Å²) in [5.41, 5.74) is 8.68. The van der Waals surface area contributed by atoms with Gasteiger partial charge in [-0.15, -0.1) is 0 Å². The number of aromatic nitrogens is 2. The first-order valence-electron chi connectivity index (χ1n) is 20.9. The normalized spacial score (nSPS) is 9.88. The average molecular weight is 762 g/mol. The summed E-state index contributed by atoms with van der Waals surface area (Å²) < 4.78 is 4.65. The Morgan fingerprint density at radius 3 is 1.22 bits per heavy atom. The zero-order valence-corrected chi connectivity index (χ0v) is 36.1. The highest BCUT2D eigenvalue weighted by atomic mass is 15.0. The van der Waals surface area contributed by atoms with Crippen LogP contribution in [0.5, 0.6) is 0 Å². The lowest BCUT2D eigenvalue weighted by molar-refractivity contribution is 1.01. The van der Waals surface area contributed by atoms with E-state index < -0.39 is 0 Å². The maximum absolute atomic E-state index is 7.32. The molecule has 0 unspecified atom stereocenters. The minimum absolute atomic E-state index is 1.19. The molecule has 3 heteroatoms. The predicted molar refractivity (Wildman–Crippen MR) is 258 cm³/mol. The van der Waals surface area contributed by atoms with Crippen LogP contribution in [0.4, 0.5) is 0 Å². The Labute approximate surface area is 346 Å². The molecule has 0 aliphatic rings. The Morgan fingerprint density at radius 2 is 0.707 bits per heavy atom. The van der Waals surface area contributed by atoms with Crippen LogP contribution in [-0.2, 0) is 7.05 Å². The molecule has 0 saturated heterocycles. The van der Waals surface area contributed by atoms with Gasteiger partial charge in [-0.25, -0.2) is 0 Å². The minimum Gasteiger partial charge on any atom is -0.344 e. The summed E-state index contributed by atoms with van der Waals surface area (Å²) in [6, 6.07) is 64.8. The highest BCUT2D eigenvalue weighted by Crippen LogP contribution is 2.37. The third kappa shape index (κ3) is 9.15. The van der Waals surface area contributed by atoms with E-state index in [0.717, 1.165) is 0 Å². The number of benzene rings is 8. The molecule has 0 bridgehead atoms. The van der Waals surface area contributed by atoms with Crippen molar-refractivity contribution in [3.8, 4) is 22.9 Å². The summed E-state index contributed by atoms with van der Waals surface area (Å²) in [6.07, 6.45) is 0. The van der Waals surface area contributed by atoms with E-state index in [4.69, 9.17) is 5.26 Å². The molecule has 2 heterocycles. The van der Waals surface area contributed by atoms with E-state index in [-0.39, 0.29) is 0 Å². The molecule has 294 valence electrons. The van der Waals surface area contributed by atoms with Crippen molar-refractivity contribution in [2.24, 2.45) is 7.05 Å². The van der Waals surface area contributed by atoms with Crippen LogP contribution in [0.25, 0.3) is 82.0 Å². The topological polar surface area (TPSA) is 33.6 Å². The summed E-state index contributed by atoms with van der Waals surface area (Å²) in [7, 11) is 2.15. The molecular weight excluding hydrogens is 703 g/mol. The zero-order chi connectivity index (χ0) is 42.0. The number of rotatable bonds is 2. The van der Waals surface area contributed by atoms with E-state index in [2.05, 4.69) is 192 Å². The quantitative estimate of drug-likeness (QED) is 0.162. The van der Waals surface area contributed by atoms with Gasteiger partial charge in [0.2, 0.25) is 0 Å². The summed E-state index contributed by atoms with van der Waals surface area (Å²) in [6.45, 7) is 17.4. The van der Waals surface area contributed by atoms with Gasteiger partial charge in [-0.2, -0.15) is 5.26 Å². The molecule has 0 radical (unpaired) electrons. The smallest absolute Gasteiger partial charge is 0.0587 e. The molecule has 0 fully saturated rings. The Kier molecular flexibility index (Phi) is 16.9. The molecule has 0 atom stereocenters. The lowest BCUT2D eigenvalue weighted by Crippen LogP contribution is -1.92. The molecule has 0 aliphatic carbocycles. The summed E-state index contributed by atoms with van der Waals surface area (Å²) in [5, 5.41) is 17.8. The van der Waals surface area contributed by atoms with Gasteiger partial charge in [-0.05, 0) is 81.2 Å². The van der Waals surface area contributed by atoms with Gasteiger partial charge in [-0.1, -0.05) is 183 Å². The van der Waals surface area contributed by atoms with Crippen molar-refractivity contribution < 1.29 is 0 Å². The third-order valence-corrected chi connectivity index (χ3v) is 9.59. The van der Waals surface area contributed by atoms with Crippen molar-refractivity contribution in [3.63, 3.8) is 0 Å². The van der Waals surface area contributed by atoms with Crippen LogP contribution in [0.15, 0.2) is 176 Å². The van der Waals surface area contributed by atoms with E-state index in [1.54, 1.807) is 6.07 Å². The van der Waals surface area contributed by atoms with Gasteiger partial charge in [0, 0.05) is 52.2 Å². The first-order chi connectivity index (χ1) is 28.7. The maximum Gasteiger partial charge on any atom is 0.0587 e. The number of para-hydroxylation sites is 3. The SMILES string of the molecule is CC.CC.CC.CC.CC#N.Cn1c2ccccc2c2cc(-c3ccc4c(c3)c3ccccc3n4-c3ccccc3)ccc21.c1ccc2c(c1)ccc1ccccc12. The minimum atomic E-state index is 1.19. The number of hydrogen-bond acceptors (Lipinski definition) is 1. The monoisotopic (exact) mass is 761 g/mol. The van der Waals surface area contributed by atoms with Gasteiger partial charge in [-0.3, -0.25) is 0 Å². The second-order valence-corrected chi connectivity index (χ2v) is 12.5. The number of nitriles is 1. The molecule has 0 N–H and O–H groups in total. The fourth-order valence-corrected chi connectivity index (χ4v) is 7.31. The summed E-state index contributed by atoms with van der Waals surface area (Å²) >= 11 is 0. The largest absolute Gasteiger partial charge is 0.344 e. The summed E-state index contributed by atoms with van der Waals surface area (Å²) in [4.78, 5) is 0. The molecular formula is C55H59N3. The molecule has 3 nitrogen and oxygen atoms in total. The molecule has 58 heavy (non-hydrogen) atoms. The first kappa shape index (κ1) is 44.1. The van der Waals surface area contributed by atoms with Crippen LogP contribution < -0.4 is 0 Å². The van der Waals surface area contributed by atoms with Crippen molar-refractivity contribution in [2.75, 3.05) is 0 Å². The van der Waals surface area contributed by atoms with Gasteiger partial charge in [0.1, 0.15) is 0 Å². The summed E-state index contributed by atoms with van der Waals surface area (Å²) in [5.74, 6) is 0. The fraction of sp³-hybridized carbons (Fsp3) is 0.182. The van der Waals surface area contributed by atoms with Gasteiger partial charge in [0.25, 0.3) is 0 Å². The van der Waals surface area contributed by atoms with Crippen molar-refractivity contribution >= 4 is 65.2 Å². The van der Waals surface area contributed by atoms with E-state index in [1.807, 2.05) is 55.4 Å². The molecule has 2 aromatic heterocycles. The molecule has 0 spiro atoms. The van der Waals surface area contributed by atoms with E-state index in [9.17, 15) is 0 Å². The van der Waals surface area contributed by atoms with Gasteiger partial charge in [0.15, 0.2) is 0 Å². The maximum atomic E-state index is 7.32. The van der Waals surface area contributed by atoms with Gasteiger partial charge >= 0.3 is 0 Å². The predicted octanol–water partition coefficient (Wildman–Crippen LogP) is 16.7. The van der Waals surface area contributed by atoms with E-state index >= 15 is 0 Å². The Hall–Kier alpha value is -6.63. The Morgan fingerprint density at radius 1 is 0.362 bits per heavy atom. The standard InChI is InChI=1S/C31H22N2.C14H10.C2H3N.4C2H6/c1-32-28-13-7-5-11-24(28)26-19-21(15-17-29(26)32)22-16-18-31-27(20-22)25-12-6-8-14-30(25)33(31)23-9-3-2-4-10-23;1-3-7-13-11(5-1)9-10-12-6-2-4-8-14(12)13;1-2-3;4*1-2/h2-20H,1H3;1-10H;1H3;4*1-2H3. The van der Waals surface area contributed by atoms with Crippen molar-refractivity contribution in [1.82, 2.24) is 9.13 Å². The number of fused-ring (bicyclic) bond motifs is 9. The highest BCUT2D eigenvalue weighted by molar-refractivity contribution is 6.12. The van der Waals surface area contributed by atoms with E-state index in [1.165, 1.54) is 88.9 Å². The van der Waals surface area contributed by atoms with Gasteiger partial charge < -0.3 is 9.13 Å². The fourth-order valence-electron chi connectivity index (χ4n) is 7.31. The molecule has 10 aromatic rings. The van der Waals surface area contributed by atoms with Crippen LogP contribution in [0.1, 0.15) is 62.3 Å². The second kappa shape index (κ2) is 22.2. The van der Waals surface area contributed by atoms with E-state index in [0.29, 0.717) is 0 Å². The van der Waals surface area contributed by atoms with Crippen LogP contribution in [0.2, 0.25) is 0 Å². The van der Waals surface area contributed by atoms with Crippen molar-refractivity contribution in [2.45, 2.75) is 62.3 Å². The second-order valence-electron chi connectivity index (χ2n) is 12.5. The van der Waals surface area contributed by atoms with Gasteiger partial charge in [0.05, 0.1) is 17.1 Å². The van der Waals surface area contributed by atoms with Crippen molar-refractivity contribution in [1.29, 1.82) is 5.26 Å². The van der Waals surface area contributed by atoms with Crippen molar-refractivity contribution in [3.05, 3.63) is 176 Å². The molecule has 10 rings (SSSR count). The molecule has 0 aliphatic heterocycles. The zero-order valence-electron chi connectivity index (χ0n) is 36.1. The molecule has 0 saturated carbocycles. The lowest BCUT2D eigenvalue weighted by Gasteiger charge is -2.08. The number of nitrogens with zero attached hydrogens (tertiary/aromatic N) is 3. The highest BCUT2D eigenvalue weighted by Gasteiger charge is 2.14. The Bertz CT molecular complexity index is 2790.